The van der Waals surface area contributed by atoms with Gasteiger partial charge in [0.05, 0.1) is 42.7 Å². The number of nitrogens with zero attached hydrogens (tertiary/aromatic N) is 1. The zero-order chi connectivity index (χ0) is 33.5. The van der Waals surface area contributed by atoms with Gasteiger partial charge in [-0.3, -0.25) is 24.6 Å². The Morgan fingerprint density at radius 3 is 2.30 bits per heavy atom. The molecule has 0 bridgehead atoms. The molecule has 1 aliphatic heterocycles. The van der Waals surface area contributed by atoms with E-state index < -0.39 is 45.5 Å². The molecule has 12 heteroatoms. The van der Waals surface area contributed by atoms with Crippen LogP contribution < -0.4 is 19.5 Å². The number of aromatic nitrogens is 1. The molecule has 3 aliphatic rings. The summed E-state index contributed by atoms with van der Waals surface area (Å²) in [6.07, 6.45) is 1.28. The average Bonchev–Trinajstić information content (AvgIpc) is 3.78. The fourth-order valence-corrected chi connectivity index (χ4v) is 8.01. The number of sulfonamides is 1. The van der Waals surface area contributed by atoms with Gasteiger partial charge < -0.3 is 18.9 Å². The van der Waals surface area contributed by atoms with Gasteiger partial charge in [0.15, 0.2) is 5.78 Å². The largest absolute Gasteiger partial charge is 0.496 e. The second-order valence-electron chi connectivity index (χ2n) is 11.9. The van der Waals surface area contributed by atoms with E-state index in [0.29, 0.717) is 71.1 Å². The summed E-state index contributed by atoms with van der Waals surface area (Å²) in [4.78, 5) is 32.1. The first-order valence-corrected chi connectivity index (χ1v) is 17.3. The first-order chi connectivity index (χ1) is 22.6. The van der Waals surface area contributed by atoms with E-state index in [2.05, 4.69) is 15.0 Å². The molecular weight excluding hydrogens is 622 g/mol. The maximum atomic E-state index is 14.0. The van der Waals surface area contributed by atoms with Crippen LogP contribution >= 0.6 is 0 Å². The maximum absolute atomic E-state index is 14.0. The number of pyridine rings is 1. The highest BCUT2D eigenvalue weighted by molar-refractivity contribution is 7.89. The average molecular weight is 662 g/mol. The minimum atomic E-state index is -4.07. The van der Waals surface area contributed by atoms with Gasteiger partial charge in [-0.2, -0.15) is 0 Å². The number of aryl methyl sites for hydroxylation is 1. The topological polar surface area (TPSA) is 142 Å². The van der Waals surface area contributed by atoms with Gasteiger partial charge in [-0.05, 0) is 68.5 Å². The van der Waals surface area contributed by atoms with Crippen molar-refractivity contribution in [2.24, 2.45) is 0 Å². The molecular formula is C35H39N3O8S. The van der Waals surface area contributed by atoms with Crippen molar-refractivity contribution in [1.29, 1.82) is 0 Å². The van der Waals surface area contributed by atoms with E-state index in [1.807, 2.05) is 32.9 Å². The smallest absolute Gasteiger partial charge is 0.244 e. The molecule has 1 aromatic heterocycles. The number of methoxy groups -OCH3 is 2. The molecule has 0 spiro atoms. The van der Waals surface area contributed by atoms with Crippen LogP contribution in [-0.2, 0) is 40.3 Å². The van der Waals surface area contributed by atoms with Gasteiger partial charge in [-0.1, -0.05) is 30.3 Å². The quantitative estimate of drug-likeness (QED) is 0.290. The molecule has 0 saturated heterocycles. The molecule has 0 radical (unpaired) electrons. The number of rotatable bonds is 12. The third-order valence-electron chi connectivity index (χ3n) is 9.05. The summed E-state index contributed by atoms with van der Waals surface area (Å²) in [6.45, 7) is 6.37. The fourth-order valence-electron chi connectivity index (χ4n) is 6.84. The summed E-state index contributed by atoms with van der Waals surface area (Å²) < 4.78 is 51.9. The zero-order valence-corrected chi connectivity index (χ0v) is 27.9. The van der Waals surface area contributed by atoms with Crippen molar-refractivity contribution < 1.29 is 37.0 Å². The van der Waals surface area contributed by atoms with Crippen molar-refractivity contribution in [3.8, 4) is 11.5 Å². The number of carbonyl (C=O) groups excluding carboxylic acids is 2. The molecule has 3 atom stereocenters. The highest BCUT2D eigenvalue weighted by Gasteiger charge is 2.55. The Hall–Kier alpha value is -4.10. The molecule has 11 nitrogen and oxygen atoms in total. The number of benzene rings is 2. The number of hydrogen-bond donors (Lipinski definition) is 2. The normalized spacial score (nSPS) is 21.2. The monoisotopic (exact) mass is 661 g/mol. The maximum Gasteiger partial charge on any atom is 0.244 e. The molecule has 1 fully saturated rings. The number of hydrogen-bond acceptors (Lipinski definition) is 10. The molecule has 2 aliphatic carbocycles. The van der Waals surface area contributed by atoms with Gasteiger partial charge in [0.2, 0.25) is 15.9 Å². The highest BCUT2D eigenvalue weighted by atomic mass is 32.2. The summed E-state index contributed by atoms with van der Waals surface area (Å²) in [7, 11) is -1.07. The first-order valence-electron chi connectivity index (χ1n) is 15.7. The lowest BCUT2D eigenvalue weighted by Crippen LogP contribution is -2.39. The summed E-state index contributed by atoms with van der Waals surface area (Å²) in [5, 5.41) is 3.47. The summed E-state index contributed by atoms with van der Waals surface area (Å²) >= 11 is 0. The van der Waals surface area contributed by atoms with Crippen LogP contribution in [-0.4, -0.2) is 58.8 Å². The minimum Gasteiger partial charge on any atom is -0.496 e. The molecule has 1 amide bonds. The first kappa shape index (κ1) is 32.8. The van der Waals surface area contributed by atoms with Crippen LogP contribution in [0.2, 0.25) is 0 Å². The lowest BCUT2D eigenvalue weighted by atomic mass is 9.82. The lowest BCUT2D eigenvalue weighted by Gasteiger charge is -2.27. The minimum absolute atomic E-state index is 0.156. The standard InChI is InChI=1S/C35H39N3O8S/c1-6-45-32-23-10-9-17-36-29(23)27-26(31(32)39)30(37-33(27)46-7-2)22-14-13-21(18-20(22)3)19-47(41,42)38-34(40)35(15-16-35)28-24(43-4)11-8-12-25(28)44-5/h8-14,17-18,30,32-33,37H,6-7,15-16,19H2,1-5H3,(H,38,40). The van der Waals surface area contributed by atoms with E-state index >= 15 is 0 Å². The van der Waals surface area contributed by atoms with Crippen LogP contribution in [0, 0.1) is 6.92 Å². The van der Waals surface area contributed by atoms with Gasteiger partial charge in [0.1, 0.15) is 23.8 Å². The van der Waals surface area contributed by atoms with Crippen molar-refractivity contribution >= 4 is 27.3 Å². The molecule has 248 valence electrons. The van der Waals surface area contributed by atoms with Crippen molar-refractivity contribution in [3.63, 3.8) is 0 Å². The van der Waals surface area contributed by atoms with Crippen molar-refractivity contribution in [1.82, 2.24) is 15.0 Å². The predicted octanol–water partition coefficient (Wildman–Crippen LogP) is 4.21. The molecule has 1 saturated carbocycles. The third kappa shape index (κ3) is 5.84. The van der Waals surface area contributed by atoms with Crippen LogP contribution in [0.25, 0.3) is 5.57 Å². The number of ether oxygens (including phenoxy) is 4. The molecule has 6 rings (SSSR count). The number of nitrogens with one attached hydrogen (secondary N) is 2. The van der Waals surface area contributed by atoms with Crippen LogP contribution in [0.4, 0.5) is 0 Å². The fraction of sp³-hybridized carbons (Fsp3) is 0.400. The van der Waals surface area contributed by atoms with E-state index in [-0.39, 0.29) is 5.78 Å². The van der Waals surface area contributed by atoms with Crippen LogP contribution in [0.3, 0.4) is 0 Å². The Morgan fingerprint density at radius 1 is 0.979 bits per heavy atom. The Kier molecular flexibility index (Phi) is 8.96. The highest BCUT2D eigenvalue weighted by Crippen LogP contribution is 2.55. The number of fused-ring (bicyclic) bond motifs is 2. The van der Waals surface area contributed by atoms with Gasteiger partial charge in [-0.15, -0.1) is 0 Å². The Labute approximate surface area is 274 Å². The predicted molar refractivity (Wildman–Crippen MR) is 174 cm³/mol. The molecule has 2 N–H and O–H groups in total. The van der Waals surface area contributed by atoms with Gasteiger partial charge >= 0.3 is 0 Å². The number of amides is 1. The van der Waals surface area contributed by atoms with E-state index in [0.717, 1.165) is 11.1 Å². The SMILES string of the molecule is CCOC1NC(c2ccc(CS(=O)(=O)NC(=O)C3(c4c(OC)cccc4OC)CC3)cc2C)C2=C1c1ncccc1C(OCC)C2=O. The van der Waals surface area contributed by atoms with Crippen LogP contribution in [0.5, 0.6) is 11.5 Å². The number of carbonyl (C=O) groups is 2. The summed E-state index contributed by atoms with van der Waals surface area (Å²) in [6, 6.07) is 13.6. The lowest BCUT2D eigenvalue weighted by molar-refractivity contribution is -0.127. The second-order valence-corrected chi connectivity index (χ2v) is 13.6. The molecule has 2 aromatic carbocycles. The van der Waals surface area contributed by atoms with Gasteiger partial charge in [-0.25, -0.2) is 8.42 Å². The number of ketones is 1. The number of Topliss-reactive ketones (excluding diaryl/α,β-unsaturated/α-hetero) is 1. The van der Waals surface area contributed by atoms with E-state index in [4.69, 9.17) is 18.9 Å². The van der Waals surface area contributed by atoms with E-state index in [1.165, 1.54) is 14.2 Å². The van der Waals surface area contributed by atoms with Crippen molar-refractivity contribution in [2.75, 3.05) is 27.4 Å². The summed E-state index contributed by atoms with van der Waals surface area (Å²) in [5.74, 6) is -0.242. The van der Waals surface area contributed by atoms with E-state index in [9.17, 15) is 18.0 Å². The Balaban J connectivity index is 1.26. The van der Waals surface area contributed by atoms with Gasteiger partial charge in [0.25, 0.3) is 0 Å². The van der Waals surface area contributed by atoms with Gasteiger partial charge in [0, 0.05) is 36.1 Å². The second kappa shape index (κ2) is 12.8. The van der Waals surface area contributed by atoms with Crippen molar-refractivity contribution in [3.05, 3.63) is 93.8 Å². The summed E-state index contributed by atoms with van der Waals surface area (Å²) in [5.41, 5.74) is 4.17. The van der Waals surface area contributed by atoms with Crippen molar-refractivity contribution in [2.45, 2.75) is 63.2 Å². The molecule has 47 heavy (non-hydrogen) atoms. The third-order valence-corrected chi connectivity index (χ3v) is 10.3. The molecule has 2 heterocycles. The Bertz CT molecular complexity index is 1850. The molecule has 3 aromatic rings. The van der Waals surface area contributed by atoms with E-state index in [1.54, 1.807) is 42.6 Å². The van der Waals surface area contributed by atoms with Crippen LogP contribution in [0.15, 0.2) is 60.3 Å². The molecule has 3 unspecified atom stereocenters. The zero-order valence-electron chi connectivity index (χ0n) is 27.1. The van der Waals surface area contributed by atoms with Crippen LogP contribution in [0.1, 0.15) is 72.3 Å². The Morgan fingerprint density at radius 2 is 1.68 bits per heavy atom.